The molecule has 9 heteroatoms. The fourth-order valence-electron chi connectivity index (χ4n) is 4.72. The van der Waals surface area contributed by atoms with E-state index < -0.39 is 20.9 Å². The third kappa shape index (κ3) is 3.15. The average molecular weight is 434 g/mol. The number of pyridine rings is 1. The molecule has 1 amide bonds. The van der Waals surface area contributed by atoms with E-state index in [9.17, 15) is 13.2 Å². The van der Waals surface area contributed by atoms with E-state index in [1.807, 2.05) is 6.07 Å². The second kappa shape index (κ2) is 6.77. The largest absolute Gasteiger partial charge is 0.365 e. The normalized spacial score (nSPS) is 30.3. The topological polar surface area (TPSA) is 79.8 Å². The Morgan fingerprint density at radius 1 is 1.24 bits per heavy atom. The zero-order valence-electron chi connectivity index (χ0n) is 15.6. The average Bonchev–Trinajstić information content (AvgIpc) is 3.08. The van der Waals surface area contributed by atoms with Crippen molar-refractivity contribution in [1.82, 2.24) is 14.2 Å². The molecule has 1 aromatic carbocycles. The number of likely N-dealkylation sites (tertiary alicyclic amines) is 1. The van der Waals surface area contributed by atoms with Gasteiger partial charge in [-0.2, -0.15) is 4.31 Å². The van der Waals surface area contributed by atoms with Crippen LogP contribution in [0.3, 0.4) is 0 Å². The number of rotatable bonds is 3. The van der Waals surface area contributed by atoms with Crippen molar-refractivity contribution in [2.45, 2.75) is 29.9 Å². The summed E-state index contributed by atoms with van der Waals surface area (Å²) in [4.78, 5) is 18.8. The van der Waals surface area contributed by atoms with Crippen LogP contribution in [0.15, 0.2) is 48.8 Å². The summed E-state index contributed by atoms with van der Waals surface area (Å²) in [5, 5.41) is -0.0603. The van der Waals surface area contributed by atoms with E-state index in [2.05, 4.69) is 4.98 Å². The molecular weight excluding hydrogens is 414 g/mol. The first-order valence-corrected chi connectivity index (χ1v) is 11.4. The second-order valence-corrected chi connectivity index (χ2v) is 10.4. The van der Waals surface area contributed by atoms with Gasteiger partial charge in [0.25, 0.3) is 5.91 Å². The van der Waals surface area contributed by atoms with E-state index in [4.69, 9.17) is 16.3 Å². The maximum Gasteiger partial charge on any atom is 0.254 e. The van der Waals surface area contributed by atoms with Crippen molar-refractivity contribution in [3.63, 3.8) is 0 Å². The predicted molar refractivity (Wildman–Crippen MR) is 107 cm³/mol. The van der Waals surface area contributed by atoms with Gasteiger partial charge in [-0.1, -0.05) is 17.7 Å². The molecule has 3 aliphatic heterocycles. The lowest BCUT2D eigenvalue weighted by molar-refractivity contribution is -0.0980. The molecule has 29 heavy (non-hydrogen) atoms. The Morgan fingerprint density at radius 2 is 2.03 bits per heavy atom. The van der Waals surface area contributed by atoms with Crippen molar-refractivity contribution in [2.24, 2.45) is 0 Å². The number of halogens is 1. The number of nitrogens with zero attached hydrogens (tertiary/aromatic N) is 3. The maximum absolute atomic E-state index is 13.2. The summed E-state index contributed by atoms with van der Waals surface area (Å²) < 4.78 is 34.1. The van der Waals surface area contributed by atoms with Gasteiger partial charge in [-0.3, -0.25) is 9.78 Å². The Hall–Kier alpha value is -2.00. The number of benzene rings is 1. The number of morpholine rings is 1. The molecule has 2 bridgehead atoms. The maximum atomic E-state index is 13.2. The van der Waals surface area contributed by atoms with Crippen LogP contribution in [0, 0.1) is 0 Å². The minimum Gasteiger partial charge on any atom is -0.365 e. The van der Waals surface area contributed by atoms with Gasteiger partial charge < -0.3 is 9.64 Å². The van der Waals surface area contributed by atoms with Gasteiger partial charge in [-0.05, 0) is 42.3 Å². The van der Waals surface area contributed by atoms with Gasteiger partial charge in [0.15, 0.2) is 0 Å². The Bertz CT molecular complexity index is 1050. The molecule has 152 valence electrons. The Morgan fingerprint density at radius 3 is 2.76 bits per heavy atom. The number of carbonyl (C=O) groups excluding carboxylic acids is 1. The van der Waals surface area contributed by atoms with Gasteiger partial charge in [0.2, 0.25) is 10.0 Å². The lowest BCUT2D eigenvalue weighted by Gasteiger charge is -2.39. The number of carbonyl (C=O) groups is 1. The van der Waals surface area contributed by atoms with Crippen molar-refractivity contribution in [2.75, 3.05) is 19.6 Å². The number of fused-ring (bicyclic) bond motifs is 1. The minimum atomic E-state index is -3.52. The summed E-state index contributed by atoms with van der Waals surface area (Å²) in [5.74, 6) is -0.127. The third-order valence-corrected chi connectivity index (χ3v) is 8.54. The van der Waals surface area contributed by atoms with Gasteiger partial charge in [-0.15, -0.1) is 0 Å². The van der Waals surface area contributed by atoms with E-state index in [0.29, 0.717) is 23.6 Å². The molecule has 1 aromatic heterocycles. The van der Waals surface area contributed by atoms with E-state index in [0.717, 1.165) is 5.56 Å². The van der Waals surface area contributed by atoms with Crippen LogP contribution in [-0.4, -0.2) is 65.1 Å². The van der Waals surface area contributed by atoms with Crippen LogP contribution in [-0.2, 0) is 21.3 Å². The first-order chi connectivity index (χ1) is 13.9. The molecule has 3 fully saturated rings. The van der Waals surface area contributed by atoms with E-state index >= 15 is 0 Å². The van der Waals surface area contributed by atoms with E-state index in [1.165, 1.54) is 4.31 Å². The molecule has 3 saturated heterocycles. The Labute approximate surface area is 174 Å². The molecule has 7 nitrogen and oxygen atoms in total. The van der Waals surface area contributed by atoms with Crippen LogP contribution in [0.1, 0.15) is 22.3 Å². The summed E-state index contributed by atoms with van der Waals surface area (Å²) in [6.45, 7) is 1.17. The van der Waals surface area contributed by atoms with Gasteiger partial charge in [0.1, 0.15) is 10.9 Å². The molecule has 0 unspecified atom stereocenters. The van der Waals surface area contributed by atoms with Crippen molar-refractivity contribution in [3.8, 4) is 0 Å². The number of ether oxygens (including phenoxy) is 1. The summed E-state index contributed by atoms with van der Waals surface area (Å²) in [5.41, 5.74) is 0.483. The van der Waals surface area contributed by atoms with Gasteiger partial charge >= 0.3 is 0 Å². The molecule has 3 atom stereocenters. The first kappa shape index (κ1) is 19.0. The van der Waals surface area contributed by atoms with E-state index in [-0.39, 0.29) is 31.6 Å². The monoisotopic (exact) mass is 433 g/mol. The summed E-state index contributed by atoms with van der Waals surface area (Å²) in [7, 11) is -3.52. The number of amides is 1. The number of hydrogen-bond acceptors (Lipinski definition) is 5. The van der Waals surface area contributed by atoms with Gasteiger partial charge in [-0.25, -0.2) is 8.42 Å². The smallest absolute Gasteiger partial charge is 0.254 e. The molecule has 2 aromatic rings. The van der Waals surface area contributed by atoms with Crippen LogP contribution < -0.4 is 0 Å². The van der Waals surface area contributed by atoms with Crippen molar-refractivity contribution < 1.29 is 17.9 Å². The summed E-state index contributed by atoms with van der Waals surface area (Å²) in [6, 6.07) is 10.4. The zero-order valence-corrected chi connectivity index (χ0v) is 17.1. The first-order valence-electron chi connectivity index (χ1n) is 9.48. The van der Waals surface area contributed by atoms with Gasteiger partial charge in [0, 0.05) is 42.6 Å². The number of sulfonamides is 1. The SMILES string of the molecule is O=C(c1ccc(Cl)cc1)N1C[C@@H]2C[C@@H]3[C@@](C1)(CN(Cc1cccnc1)S3(=O)=O)O2. The van der Waals surface area contributed by atoms with E-state index in [1.54, 1.807) is 47.6 Å². The zero-order chi connectivity index (χ0) is 20.2. The lowest BCUT2D eigenvalue weighted by Crippen LogP contribution is -2.56. The Balaban J connectivity index is 1.41. The Kier molecular flexibility index (Phi) is 4.43. The molecule has 0 radical (unpaired) electrons. The third-order valence-electron chi connectivity index (χ3n) is 5.97. The molecule has 0 aliphatic carbocycles. The quantitative estimate of drug-likeness (QED) is 0.739. The molecule has 3 aliphatic rings. The second-order valence-electron chi connectivity index (χ2n) is 7.90. The molecule has 4 heterocycles. The van der Waals surface area contributed by atoms with Crippen LogP contribution in [0.25, 0.3) is 0 Å². The van der Waals surface area contributed by atoms with Gasteiger partial charge in [0.05, 0.1) is 12.6 Å². The summed E-state index contributed by atoms with van der Waals surface area (Å²) >= 11 is 5.92. The lowest BCUT2D eigenvalue weighted by atomic mass is 9.99. The van der Waals surface area contributed by atoms with Crippen molar-refractivity contribution >= 4 is 27.5 Å². The highest BCUT2D eigenvalue weighted by molar-refractivity contribution is 7.90. The molecule has 5 rings (SSSR count). The highest BCUT2D eigenvalue weighted by Crippen LogP contribution is 2.47. The van der Waals surface area contributed by atoms with Crippen LogP contribution >= 0.6 is 11.6 Å². The molecule has 1 spiro atoms. The number of aromatic nitrogens is 1. The minimum absolute atomic E-state index is 0.127. The number of hydrogen-bond donors (Lipinski definition) is 0. The fourth-order valence-corrected chi connectivity index (χ4v) is 7.13. The highest BCUT2D eigenvalue weighted by Gasteiger charge is 2.65. The highest BCUT2D eigenvalue weighted by atomic mass is 35.5. The van der Waals surface area contributed by atoms with Crippen molar-refractivity contribution in [1.29, 1.82) is 0 Å². The fraction of sp³-hybridized carbons (Fsp3) is 0.400. The molecule has 0 saturated carbocycles. The van der Waals surface area contributed by atoms with Crippen molar-refractivity contribution in [3.05, 3.63) is 64.9 Å². The predicted octanol–water partition coefficient (Wildman–Crippen LogP) is 1.93. The van der Waals surface area contributed by atoms with Crippen LogP contribution in [0.2, 0.25) is 5.02 Å². The van der Waals surface area contributed by atoms with Crippen LogP contribution in [0.4, 0.5) is 0 Å². The summed E-state index contributed by atoms with van der Waals surface area (Å²) in [6.07, 6.45) is 3.48. The van der Waals surface area contributed by atoms with Crippen LogP contribution in [0.5, 0.6) is 0 Å². The molecular formula is C20H20ClN3O4S. The standard InChI is InChI=1S/C20H20ClN3O4S/c21-16-5-3-15(4-6-16)19(25)23-11-17-8-18-20(12-23,28-17)13-24(29(18,26)27)10-14-2-1-7-22-9-14/h1-7,9,17-18H,8,10-13H2/t17-,18+,20+/m0/s1. The molecule has 0 N–H and O–H groups in total.